The van der Waals surface area contributed by atoms with E-state index in [4.69, 9.17) is 12.2 Å². The number of hydrogen-bond acceptors (Lipinski definition) is 2. The topological polar surface area (TPSA) is 27.3 Å². The number of nitrogens with zero attached hydrogens (tertiary/aromatic N) is 1. The molecule has 1 fully saturated rings. The maximum atomic E-state index is 13.1. The third-order valence-electron chi connectivity index (χ3n) is 4.52. The summed E-state index contributed by atoms with van der Waals surface area (Å²) in [4.78, 5) is 2.44. The van der Waals surface area contributed by atoms with Crippen molar-refractivity contribution in [2.75, 3.05) is 13.1 Å². The maximum Gasteiger partial charge on any atom is 0.171 e. The molecular weight excluding hydrogens is 273 g/mol. The first kappa shape index (κ1) is 12.1. The minimum atomic E-state index is -0.204. The molecule has 0 spiro atoms. The molecule has 20 heavy (non-hydrogen) atoms. The van der Waals surface area contributed by atoms with Crippen molar-refractivity contribution in [2.24, 2.45) is 5.92 Å². The fourth-order valence-electron chi connectivity index (χ4n) is 3.55. The average Bonchev–Trinajstić information content (AvgIpc) is 2.48. The second-order valence-corrected chi connectivity index (χ2v) is 6.05. The third kappa shape index (κ3) is 1.80. The molecule has 4 aliphatic rings. The van der Waals surface area contributed by atoms with Gasteiger partial charge in [0.2, 0.25) is 0 Å². The highest BCUT2D eigenvalue weighted by Crippen LogP contribution is 2.41. The second kappa shape index (κ2) is 4.45. The summed E-state index contributed by atoms with van der Waals surface area (Å²) in [7, 11) is 0. The fraction of sp³-hybridized carbons (Fsp3) is 0.400. The van der Waals surface area contributed by atoms with Gasteiger partial charge in [-0.2, -0.15) is 0 Å². The second-order valence-electron chi connectivity index (χ2n) is 5.64. The van der Waals surface area contributed by atoms with Gasteiger partial charge < -0.3 is 15.5 Å². The van der Waals surface area contributed by atoms with Crippen LogP contribution in [0.4, 0.5) is 4.39 Å². The molecule has 104 valence electrons. The number of rotatable bonds is 1. The Balaban J connectivity index is 1.80. The van der Waals surface area contributed by atoms with Gasteiger partial charge in [-0.3, -0.25) is 0 Å². The Morgan fingerprint density at radius 3 is 2.55 bits per heavy atom. The first-order valence-corrected chi connectivity index (χ1v) is 7.45. The smallest absolute Gasteiger partial charge is 0.171 e. The van der Waals surface area contributed by atoms with Crippen LogP contribution in [0.3, 0.4) is 0 Å². The molecular formula is C15H16FN3S. The summed E-state index contributed by atoms with van der Waals surface area (Å²) in [5, 5.41) is 7.35. The number of fused-ring (bicyclic) bond motifs is 2. The average molecular weight is 289 g/mol. The largest absolute Gasteiger partial charge is 0.371 e. The van der Waals surface area contributed by atoms with Crippen LogP contribution in [0.25, 0.3) is 0 Å². The predicted octanol–water partition coefficient (Wildman–Crippen LogP) is 2.28. The molecule has 0 radical (unpaired) electrons. The van der Waals surface area contributed by atoms with Crippen molar-refractivity contribution in [2.45, 2.75) is 18.9 Å². The summed E-state index contributed by atoms with van der Waals surface area (Å²) >= 11 is 5.34. The minimum absolute atomic E-state index is 0.0439. The SMILES string of the molecule is Fc1ccc([C@H]2NC(=S)NC3=C2N2CCC3CC2)cc1. The Morgan fingerprint density at radius 2 is 1.85 bits per heavy atom. The molecule has 4 aliphatic heterocycles. The summed E-state index contributed by atoms with van der Waals surface area (Å²) in [6.45, 7) is 2.22. The number of benzene rings is 1. The van der Waals surface area contributed by atoms with Crippen LogP contribution < -0.4 is 10.6 Å². The molecule has 0 aliphatic carbocycles. The molecule has 1 saturated heterocycles. The zero-order valence-corrected chi connectivity index (χ0v) is 11.8. The first-order valence-electron chi connectivity index (χ1n) is 7.04. The molecule has 0 saturated carbocycles. The van der Waals surface area contributed by atoms with E-state index in [1.807, 2.05) is 12.1 Å². The van der Waals surface area contributed by atoms with E-state index in [9.17, 15) is 4.39 Å². The minimum Gasteiger partial charge on any atom is -0.371 e. The molecule has 0 unspecified atom stereocenters. The summed E-state index contributed by atoms with van der Waals surface area (Å²) in [6.07, 6.45) is 2.40. The van der Waals surface area contributed by atoms with Crippen LogP contribution in [-0.2, 0) is 0 Å². The van der Waals surface area contributed by atoms with Crippen molar-refractivity contribution in [3.63, 3.8) is 0 Å². The number of piperidine rings is 1. The Hall–Kier alpha value is -1.62. The summed E-state index contributed by atoms with van der Waals surface area (Å²) < 4.78 is 13.1. The lowest BCUT2D eigenvalue weighted by Crippen LogP contribution is -2.55. The van der Waals surface area contributed by atoms with Crippen LogP contribution in [0.1, 0.15) is 24.4 Å². The quantitative estimate of drug-likeness (QED) is 0.776. The van der Waals surface area contributed by atoms with Gasteiger partial charge in [0.25, 0.3) is 0 Å². The summed E-state index contributed by atoms with van der Waals surface area (Å²) in [5.41, 5.74) is 3.64. The van der Waals surface area contributed by atoms with E-state index in [0.29, 0.717) is 11.0 Å². The maximum absolute atomic E-state index is 13.1. The Labute approximate surface area is 122 Å². The number of thiocarbonyl (C=S) groups is 1. The van der Waals surface area contributed by atoms with Gasteiger partial charge in [0, 0.05) is 24.7 Å². The van der Waals surface area contributed by atoms with E-state index in [1.54, 1.807) is 0 Å². The zero-order valence-electron chi connectivity index (χ0n) is 11.0. The Morgan fingerprint density at radius 1 is 1.15 bits per heavy atom. The molecule has 0 amide bonds. The molecule has 2 bridgehead atoms. The molecule has 3 nitrogen and oxygen atoms in total. The molecule has 5 rings (SSSR count). The van der Waals surface area contributed by atoms with Crippen molar-refractivity contribution in [3.8, 4) is 0 Å². The van der Waals surface area contributed by atoms with Crippen LogP contribution in [-0.4, -0.2) is 23.1 Å². The van der Waals surface area contributed by atoms with Gasteiger partial charge in [0.1, 0.15) is 5.82 Å². The highest BCUT2D eigenvalue weighted by molar-refractivity contribution is 7.80. The Kier molecular flexibility index (Phi) is 2.70. The monoisotopic (exact) mass is 289 g/mol. The van der Waals surface area contributed by atoms with E-state index in [1.165, 1.54) is 36.4 Å². The fourth-order valence-corrected chi connectivity index (χ4v) is 3.77. The number of allylic oxidation sites excluding steroid dienone is 1. The molecule has 5 heteroatoms. The lowest BCUT2D eigenvalue weighted by Gasteiger charge is -2.49. The standard InChI is InChI=1S/C15H16FN3S/c16-11-3-1-9(2-4-11)12-14-13(18-15(20)17-12)10-5-7-19(14)8-6-10/h1-4,10,12H,5-8H2,(H2,17,18,20)/t12-/m1/s1. The van der Waals surface area contributed by atoms with Gasteiger partial charge >= 0.3 is 0 Å². The lowest BCUT2D eigenvalue weighted by atomic mass is 9.83. The van der Waals surface area contributed by atoms with E-state index in [2.05, 4.69) is 15.5 Å². The van der Waals surface area contributed by atoms with Crippen LogP contribution in [0.2, 0.25) is 0 Å². The molecule has 1 aromatic rings. The van der Waals surface area contributed by atoms with Crippen LogP contribution in [0, 0.1) is 11.7 Å². The summed E-state index contributed by atoms with van der Waals surface area (Å²) in [6, 6.07) is 6.75. The van der Waals surface area contributed by atoms with E-state index >= 15 is 0 Å². The molecule has 4 heterocycles. The molecule has 1 atom stereocenters. The number of nitrogens with one attached hydrogen (secondary N) is 2. The predicted molar refractivity (Wildman–Crippen MR) is 79.3 cm³/mol. The van der Waals surface area contributed by atoms with Crippen molar-refractivity contribution in [1.29, 1.82) is 0 Å². The van der Waals surface area contributed by atoms with E-state index in [-0.39, 0.29) is 11.9 Å². The van der Waals surface area contributed by atoms with E-state index < -0.39 is 0 Å². The zero-order chi connectivity index (χ0) is 13.7. The van der Waals surface area contributed by atoms with Gasteiger partial charge in [0.15, 0.2) is 5.11 Å². The van der Waals surface area contributed by atoms with Gasteiger partial charge in [-0.1, -0.05) is 12.1 Å². The molecule has 0 aromatic heterocycles. The van der Waals surface area contributed by atoms with Gasteiger partial charge in [-0.05, 0) is 42.8 Å². The normalized spacial score (nSPS) is 25.4. The first-order chi connectivity index (χ1) is 9.72. The van der Waals surface area contributed by atoms with Crippen LogP contribution >= 0.6 is 12.2 Å². The van der Waals surface area contributed by atoms with Crippen molar-refractivity contribution in [1.82, 2.24) is 15.5 Å². The van der Waals surface area contributed by atoms with Crippen molar-refractivity contribution < 1.29 is 4.39 Å². The van der Waals surface area contributed by atoms with Gasteiger partial charge in [0.05, 0.1) is 11.7 Å². The van der Waals surface area contributed by atoms with Gasteiger partial charge in [-0.25, -0.2) is 4.39 Å². The van der Waals surface area contributed by atoms with Gasteiger partial charge in [-0.15, -0.1) is 0 Å². The molecule has 1 aromatic carbocycles. The van der Waals surface area contributed by atoms with E-state index in [0.717, 1.165) is 18.7 Å². The third-order valence-corrected chi connectivity index (χ3v) is 4.74. The van der Waals surface area contributed by atoms with Crippen LogP contribution in [0.15, 0.2) is 35.7 Å². The molecule has 2 N–H and O–H groups in total. The van der Waals surface area contributed by atoms with Crippen LogP contribution in [0.5, 0.6) is 0 Å². The lowest BCUT2D eigenvalue weighted by molar-refractivity contribution is 0.181. The number of hydrogen-bond donors (Lipinski definition) is 2. The highest BCUT2D eigenvalue weighted by Gasteiger charge is 2.40. The Bertz CT molecular complexity index is 588. The van der Waals surface area contributed by atoms with Crippen molar-refractivity contribution in [3.05, 3.63) is 47.0 Å². The summed E-state index contributed by atoms with van der Waals surface area (Å²) in [5.74, 6) is 0.392. The number of halogens is 1. The van der Waals surface area contributed by atoms with Crippen molar-refractivity contribution >= 4 is 17.3 Å². The highest BCUT2D eigenvalue weighted by atomic mass is 32.1.